The van der Waals surface area contributed by atoms with E-state index >= 15 is 0 Å². The molecule has 0 unspecified atom stereocenters. The highest BCUT2D eigenvalue weighted by molar-refractivity contribution is 6.30. The van der Waals surface area contributed by atoms with Crippen LogP contribution in [0.4, 0.5) is 4.39 Å². The first-order chi connectivity index (χ1) is 7.72. The van der Waals surface area contributed by atoms with Crippen LogP contribution in [0.25, 0.3) is 11.1 Å². The summed E-state index contributed by atoms with van der Waals surface area (Å²) in [4.78, 5) is 3.99. The van der Waals surface area contributed by atoms with Crippen molar-refractivity contribution in [3.8, 4) is 17.0 Å². The van der Waals surface area contributed by atoms with E-state index in [1.807, 2.05) is 0 Å². The van der Waals surface area contributed by atoms with Gasteiger partial charge in [0.25, 0.3) is 0 Å². The molecule has 4 heteroatoms. The normalized spacial score (nSPS) is 10.2. The van der Waals surface area contributed by atoms with Crippen molar-refractivity contribution in [2.75, 3.05) is 7.11 Å². The van der Waals surface area contributed by atoms with Crippen LogP contribution in [0, 0.1) is 5.82 Å². The van der Waals surface area contributed by atoms with Crippen LogP contribution < -0.4 is 4.74 Å². The van der Waals surface area contributed by atoms with Crippen molar-refractivity contribution in [2.45, 2.75) is 0 Å². The van der Waals surface area contributed by atoms with Crippen LogP contribution in [-0.4, -0.2) is 12.1 Å². The van der Waals surface area contributed by atoms with Gasteiger partial charge in [-0.05, 0) is 12.1 Å². The van der Waals surface area contributed by atoms with Crippen LogP contribution in [0.3, 0.4) is 0 Å². The summed E-state index contributed by atoms with van der Waals surface area (Å²) in [5.74, 6) is 0.0272. The zero-order valence-electron chi connectivity index (χ0n) is 8.58. The number of halogens is 2. The Balaban J connectivity index is 2.63. The zero-order chi connectivity index (χ0) is 11.5. The van der Waals surface area contributed by atoms with Crippen molar-refractivity contribution in [2.24, 2.45) is 0 Å². The molecule has 2 nitrogen and oxygen atoms in total. The number of aromatic nitrogens is 1. The van der Waals surface area contributed by atoms with Gasteiger partial charge in [-0.3, -0.25) is 0 Å². The fourth-order valence-electron chi connectivity index (χ4n) is 1.46. The van der Waals surface area contributed by atoms with E-state index in [4.69, 9.17) is 16.3 Å². The second kappa shape index (κ2) is 4.49. The first-order valence-electron chi connectivity index (χ1n) is 4.67. The van der Waals surface area contributed by atoms with E-state index in [0.717, 1.165) is 0 Å². The van der Waals surface area contributed by atoms with Crippen LogP contribution in [0.2, 0.25) is 5.02 Å². The molecule has 1 heterocycles. The lowest BCUT2D eigenvalue weighted by Gasteiger charge is -2.08. The van der Waals surface area contributed by atoms with Crippen LogP contribution in [0.1, 0.15) is 0 Å². The maximum Gasteiger partial charge on any atom is 0.221 e. The second-order valence-electron chi connectivity index (χ2n) is 3.19. The number of hydrogen-bond donors (Lipinski definition) is 0. The van der Waals surface area contributed by atoms with Gasteiger partial charge in [-0.25, -0.2) is 9.37 Å². The quantitative estimate of drug-likeness (QED) is 0.797. The average Bonchev–Trinajstić information content (AvgIpc) is 2.29. The van der Waals surface area contributed by atoms with E-state index in [1.165, 1.54) is 19.4 Å². The molecule has 0 bridgehead atoms. The molecule has 0 saturated carbocycles. The molecule has 0 radical (unpaired) electrons. The summed E-state index contributed by atoms with van der Waals surface area (Å²) < 4.78 is 18.7. The van der Waals surface area contributed by atoms with E-state index in [-0.39, 0.29) is 5.82 Å². The largest absolute Gasteiger partial charge is 0.481 e. The van der Waals surface area contributed by atoms with Gasteiger partial charge in [0.05, 0.1) is 12.1 Å². The van der Waals surface area contributed by atoms with Crippen molar-refractivity contribution >= 4 is 11.6 Å². The highest BCUT2D eigenvalue weighted by Crippen LogP contribution is 2.31. The predicted molar refractivity (Wildman–Crippen MR) is 61.2 cm³/mol. The summed E-state index contributed by atoms with van der Waals surface area (Å²) in [5, 5.41) is 0.444. The Morgan fingerprint density at radius 1 is 1.25 bits per heavy atom. The van der Waals surface area contributed by atoms with Crippen LogP contribution in [0.15, 0.2) is 36.5 Å². The first kappa shape index (κ1) is 10.9. The number of methoxy groups -OCH3 is 1. The minimum atomic E-state index is -0.329. The van der Waals surface area contributed by atoms with E-state index in [9.17, 15) is 4.39 Å². The van der Waals surface area contributed by atoms with Gasteiger partial charge < -0.3 is 4.74 Å². The third-order valence-corrected chi connectivity index (χ3v) is 2.38. The summed E-state index contributed by atoms with van der Waals surface area (Å²) in [5.41, 5.74) is 0.974. The molecule has 0 spiro atoms. The summed E-state index contributed by atoms with van der Waals surface area (Å²) >= 11 is 5.84. The Kier molecular flexibility index (Phi) is 3.06. The number of rotatable bonds is 2. The fraction of sp³-hybridized carbons (Fsp3) is 0.0833. The maximum absolute atomic E-state index is 13.6. The molecule has 0 amide bonds. The van der Waals surface area contributed by atoms with Gasteiger partial charge in [-0.1, -0.05) is 29.8 Å². The smallest absolute Gasteiger partial charge is 0.221 e. The molecule has 82 valence electrons. The topological polar surface area (TPSA) is 22.1 Å². The lowest BCUT2D eigenvalue weighted by atomic mass is 10.1. The number of ether oxygens (including phenoxy) is 1. The van der Waals surface area contributed by atoms with Gasteiger partial charge in [0.15, 0.2) is 0 Å². The molecule has 1 aromatic heterocycles. The molecule has 16 heavy (non-hydrogen) atoms. The molecule has 0 aliphatic carbocycles. The summed E-state index contributed by atoms with van der Waals surface area (Å²) in [6, 6.07) is 8.05. The van der Waals surface area contributed by atoms with Gasteiger partial charge in [0, 0.05) is 17.3 Å². The van der Waals surface area contributed by atoms with Crippen molar-refractivity contribution in [1.29, 1.82) is 0 Å². The summed E-state index contributed by atoms with van der Waals surface area (Å²) in [7, 11) is 1.49. The lowest BCUT2D eigenvalue weighted by molar-refractivity contribution is 0.399. The number of pyridine rings is 1. The number of benzene rings is 1. The van der Waals surface area contributed by atoms with Gasteiger partial charge in [0.2, 0.25) is 5.88 Å². The van der Waals surface area contributed by atoms with Gasteiger partial charge >= 0.3 is 0 Å². The Hall–Kier alpha value is -1.61. The Morgan fingerprint density at radius 3 is 2.69 bits per heavy atom. The average molecular weight is 238 g/mol. The third-order valence-electron chi connectivity index (χ3n) is 2.18. The minimum Gasteiger partial charge on any atom is -0.481 e. The van der Waals surface area contributed by atoms with Crippen LogP contribution >= 0.6 is 11.6 Å². The van der Waals surface area contributed by atoms with Gasteiger partial charge in [-0.15, -0.1) is 0 Å². The molecule has 0 N–H and O–H groups in total. The lowest BCUT2D eigenvalue weighted by Crippen LogP contribution is -1.93. The number of nitrogens with zero attached hydrogens (tertiary/aromatic N) is 1. The number of hydrogen-bond acceptors (Lipinski definition) is 2. The molecule has 0 aliphatic rings. The predicted octanol–water partition coefficient (Wildman–Crippen LogP) is 3.55. The molecule has 1 aromatic carbocycles. The first-order valence-corrected chi connectivity index (χ1v) is 5.04. The van der Waals surface area contributed by atoms with Crippen LogP contribution in [-0.2, 0) is 0 Å². The van der Waals surface area contributed by atoms with Crippen molar-refractivity contribution in [3.05, 3.63) is 47.4 Å². The van der Waals surface area contributed by atoms with E-state index < -0.39 is 0 Å². The Morgan fingerprint density at radius 2 is 2.00 bits per heavy atom. The molecule has 2 rings (SSSR count). The van der Waals surface area contributed by atoms with E-state index in [0.29, 0.717) is 22.0 Å². The highest BCUT2D eigenvalue weighted by atomic mass is 35.5. The Bertz CT molecular complexity index is 516. The summed E-state index contributed by atoms with van der Waals surface area (Å²) in [6.07, 6.45) is 1.46. The van der Waals surface area contributed by atoms with Crippen LogP contribution in [0.5, 0.6) is 5.88 Å². The third kappa shape index (κ3) is 1.99. The van der Waals surface area contributed by atoms with Crippen molar-refractivity contribution < 1.29 is 9.13 Å². The minimum absolute atomic E-state index is 0.329. The fourth-order valence-corrected chi connectivity index (χ4v) is 1.62. The second-order valence-corrected chi connectivity index (χ2v) is 3.63. The van der Waals surface area contributed by atoms with Crippen molar-refractivity contribution in [3.63, 3.8) is 0 Å². The highest BCUT2D eigenvalue weighted by Gasteiger charge is 2.11. The monoisotopic (exact) mass is 237 g/mol. The standard InChI is InChI=1S/C12H9ClFNO/c1-16-12-10(6-8(13)7-15-12)9-4-2-3-5-11(9)14/h2-7H,1H3. The van der Waals surface area contributed by atoms with E-state index in [2.05, 4.69) is 4.98 Å². The molecule has 0 aliphatic heterocycles. The Labute approximate surface area is 97.7 Å². The SMILES string of the molecule is COc1ncc(Cl)cc1-c1ccccc1F. The molecular formula is C12H9ClFNO. The van der Waals surface area contributed by atoms with Gasteiger partial charge in [-0.2, -0.15) is 0 Å². The van der Waals surface area contributed by atoms with E-state index in [1.54, 1.807) is 24.3 Å². The molecular weight excluding hydrogens is 229 g/mol. The summed E-state index contributed by atoms with van der Waals surface area (Å²) in [6.45, 7) is 0. The molecule has 0 fully saturated rings. The maximum atomic E-state index is 13.6. The van der Waals surface area contributed by atoms with Crippen molar-refractivity contribution in [1.82, 2.24) is 4.98 Å². The van der Waals surface area contributed by atoms with Gasteiger partial charge in [0.1, 0.15) is 5.82 Å². The molecule has 2 aromatic rings. The molecule has 0 atom stereocenters. The zero-order valence-corrected chi connectivity index (χ0v) is 9.33. The molecule has 0 saturated heterocycles.